The lowest BCUT2D eigenvalue weighted by Gasteiger charge is -2.23. The topological polar surface area (TPSA) is 86.7 Å². The number of hydrogen-bond acceptors (Lipinski definition) is 6. The van der Waals surface area contributed by atoms with E-state index in [1.165, 1.54) is 0 Å². The third-order valence-electron chi connectivity index (χ3n) is 5.67. The Bertz CT molecular complexity index is 1210. The molecule has 0 spiro atoms. The molecule has 2 aromatic carbocycles. The molecule has 2 aliphatic rings. The lowest BCUT2D eigenvalue weighted by Crippen LogP contribution is -2.33. The van der Waals surface area contributed by atoms with Gasteiger partial charge in [-0.25, -0.2) is 9.97 Å². The summed E-state index contributed by atoms with van der Waals surface area (Å²) in [4.78, 5) is 52.1. The highest BCUT2D eigenvalue weighted by molar-refractivity contribution is 6.20. The summed E-state index contributed by atoms with van der Waals surface area (Å²) in [6, 6.07) is 14.3. The molecular weight excluding hydrogens is 394 g/mol. The van der Waals surface area contributed by atoms with E-state index in [4.69, 9.17) is 9.97 Å². The first-order valence-electron chi connectivity index (χ1n) is 10.3. The zero-order chi connectivity index (χ0) is 21.5. The van der Waals surface area contributed by atoms with Gasteiger partial charge in [0, 0.05) is 38.5 Å². The highest BCUT2D eigenvalue weighted by Gasteiger charge is 2.32. The Balaban J connectivity index is 1.56. The molecule has 0 unspecified atom stereocenters. The van der Waals surface area contributed by atoms with Crippen LogP contribution in [-0.4, -0.2) is 47.8 Å². The maximum absolute atomic E-state index is 13.5. The standard InChI is InChI=1S/C23H21N5O3/c1-26-12-5-13-27(22-21(26)24-17-8-2-3-9-18(17)25-22)23(31)15-6-4-7-16(14-15)28-19(29)10-11-20(28)30/h2-4,6-9,14H,5,10-13H2,1H3. The molecule has 156 valence electrons. The fraction of sp³-hybridized carbons (Fsp3) is 0.261. The summed E-state index contributed by atoms with van der Waals surface area (Å²) < 4.78 is 0. The molecule has 0 atom stereocenters. The third-order valence-corrected chi connectivity index (χ3v) is 5.67. The molecule has 3 aromatic rings. The molecule has 1 fully saturated rings. The van der Waals surface area contributed by atoms with Crippen molar-refractivity contribution in [2.45, 2.75) is 19.3 Å². The summed E-state index contributed by atoms with van der Waals surface area (Å²) in [5.41, 5.74) is 2.32. The number of benzene rings is 2. The molecule has 31 heavy (non-hydrogen) atoms. The van der Waals surface area contributed by atoms with Crippen molar-refractivity contribution in [1.82, 2.24) is 9.97 Å². The normalized spacial score (nSPS) is 16.6. The second kappa shape index (κ2) is 7.46. The van der Waals surface area contributed by atoms with Crippen LogP contribution in [0.4, 0.5) is 17.3 Å². The van der Waals surface area contributed by atoms with Crippen LogP contribution >= 0.6 is 0 Å². The first-order chi connectivity index (χ1) is 15.0. The quantitative estimate of drug-likeness (QED) is 0.598. The van der Waals surface area contributed by atoms with E-state index in [0.717, 1.165) is 28.9 Å². The van der Waals surface area contributed by atoms with Crippen molar-refractivity contribution in [2.24, 2.45) is 0 Å². The van der Waals surface area contributed by atoms with Crippen molar-refractivity contribution in [3.63, 3.8) is 0 Å². The van der Waals surface area contributed by atoms with E-state index in [-0.39, 0.29) is 30.6 Å². The number of imide groups is 1. The van der Waals surface area contributed by atoms with E-state index in [9.17, 15) is 14.4 Å². The second-order valence-electron chi connectivity index (χ2n) is 7.76. The van der Waals surface area contributed by atoms with E-state index in [2.05, 4.69) is 0 Å². The maximum atomic E-state index is 13.5. The van der Waals surface area contributed by atoms with Gasteiger partial charge in [0.15, 0.2) is 11.6 Å². The van der Waals surface area contributed by atoms with Gasteiger partial charge < -0.3 is 4.90 Å². The number of carbonyl (C=O) groups is 3. The van der Waals surface area contributed by atoms with Gasteiger partial charge >= 0.3 is 0 Å². The molecule has 1 saturated heterocycles. The number of para-hydroxylation sites is 2. The Kier molecular flexibility index (Phi) is 4.62. The Morgan fingerprint density at radius 1 is 0.871 bits per heavy atom. The molecule has 8 heteroatoms. The molecular formula is C23H21N5O3. The molecule has 3 amide bonds. The molecule has 0 radical (unpaired) electrons. The Morgan fingerprint density at radius 2 is 1.55 bits per heavy atom. The summed E-state index contributed by atoms with van der Waals surface area (Å²) in [5, 5.41) is 0. The van der Waals surface area contributed by atoms with Crippen molar-refractivity contribution < 1.29 is 14.4 Å². The Hall–Kier alpha value is -3.81. The lowest BCUT2D eigenvalue weighted by atomic mass is 10.1. The van der Waals surface area contributed by atoms with Gasteiger partial charge in [-0.1, -0.05) is 18.2 Å². The van der Waals surface area contributed by atoms with Crippen molar-refractivity contribution in [1.29, 1.82) is 0 Å². The van der Waals surface area contributed by atoms with E-state index >= 15 is 0 Å². The van der Waals surface area contributed by atoms with Gasteiger partial charge in [0.05, 0.1) is 16.7 Å². The zero-order valence-corrected chi connectivity index (χ0v) is 17.1. The van der Waals surface area contributed by atoms with Crippen molar-refractivity contribution in [3.05, 3.63) is 54.1 Å². The van der Waals surface area contributed by atoms with Crippen molar-refractivity contribution >= 4 is 46.1 Å². The molecule has 0 bridgehead atoms. The molecule has 0 N–H and O–H groups in total. The Labute approximate surface area is 179 Å². The van der Waals surface area contributed by atoms with Crippen LogP contribution in [0.1, 0.15) is 29.6 Å². The van der Waals surface area contributed by atoms with Crippen LogP contribution in [0.3, 0.4) is 0 Å². The van der Waals surface area contributed by atoms with Gasteiger partial charge in [-0.15, -0.1) is 0 Å². The molecule has 0 aliphatic carbocycles. The molecule has 2 aliphatic heterocycles. The monoisotopic (exact) mass is 415 g/mol. The van der Waals surface area contributed by atoms with Crippen molar-refractivity contribution in [2.75, 3.05) is 34.8 Å². The number of nitrogens with zero attached hydrogens (tertiary/aromatic N) is 5. The largest absolute Gasteiger partial charge is 0.357 e. The van der Waals surface area contributed by atoms with Crippen LogP contribution in [0.5, 0.6) is 0 Å². The molecule has 8 nitrogen and oxygen atoms in total. The minimum absolute atomic E-state index is 0.200. The summed E-state index contributed by atoms with van der Waals surface area (Å²) in [7, 11) is 1.95. The fourth-order valence-corrected chi connectivity index (χ4v) is 4.09. The van der Waals surface area contributed by atoms with Crippen LogP contribution in [0.15, 0.2) is 48.5 Å². The van der Waals surface area contributed by atoms with Crippen LogP contribution in [0.25, 0.3) is 11.0 Å². The number of aromatic nitrogens is 2. The average molecular weight is 415 g/mol. The predicted molar refractivity (Wildman–Crippen MR) is 117 cm³/mol. The molecule has 5 rings (SSSR count). The van der Waals surface area contributed by atoms with E-state index < -0.39 is 0 Å². The van der Waals surface area contributed by atoms with Gasteiger partial charge in [-0.2, -0.15) is 0 Å². The van der Waals surface area contributed by atoms with Crippen molar-refractivity contribution in [3.8, 4) is 0 Å². The minimum atomic E-state index is -0.242. The summed E-state index contributed by atoms with van der Waals surface area (Å²) in [6.45, 7) is 1.25. The number of anilines is 3. The van der Waals surface area contributed by atoms with Crippen LogP contribution < -0.4 is 14.7 Å². The van der Waals surface area contributed by atoms with Crippen LogP contribution in [0.2, 0.25) is 0 Å². The highest BCUT2D eigenvalue weighted by Crippen LogP contribution is 2.32. The number of rotatable bonds is 2. The minimum Gasteiger partial charge on any atom is -0.357 e. The van der Waals surface area contributed by atoms with Crippen LogP contribution in [-0.2, 0) is 9.59 Å². The molecule has 3 heterocycles. The van der Waals surface area contributed by atoms with Gasteiger partial charge in [0.2, 0.25) is 11.8 Å². The number of carbonyl (C=O) groups excluding carboxylic acids is 3. The van der Waals surface area contributed by atoms with Gasteiger partial charge in [0.25, 0.3) is 5.91 Å². The smallest absolute Gasteiger partial charge is 0.259 e. The van der Waals surface area contributed by atoms with E-state index in [1.807, 2.05) is 36.2 Å². The fourth-order valence-electron chi connectivity index (χ4n) is 4.09. The molecule has 1 aromatic heterocycles. The second-order valence-corrected chi connectivity index (χ2v) is 7.76. The first-order valence-corrected chi connectivity index (χ1v) is 10.3. The Morgan fingerprint density at radius 3 is 2.26 bits per heavy atom. The SMILES string of the molecule is CN1CCCN(C(=O)c2cccc(N3C(=O)CCC3=O)c2)c2nc3ccccc3nc21. The zero-order valence-electron chi connectivity index (χ0n) is 17.1. The first kappa shape index (κ1) is 19.2. The number of fused-ring (bicyclic) bond motifs is 2. The number of hydrogen-bond donors (Lipinski definition) is 0. The van der Waals surface area contributed by atoms with Gasteiger partial charge in [0.1, 0.15) is 0 Å². The summed E-state index contributed by atoms with van der Waals surface area (Å²) in [5.74, 6) is 0.456. The maximum Gasteiger partial charge on any atom is 0.259 e. The number of amides is 3. The van der Waals surface area contributed by atoms with Crippen LogP contribution in [0, 0.1) is 0 Å². The lowest BCUT2D eigenvalue weighted by molar-refractivity contribution is -0.121. The predicted octanol–water partition coefficient (Wildman–Crippen LogP) is 2.77. The van der Waals surface area contributed by atoms with Gasteiger partial charge in [-0.05, 0) is 36.8 Å². The summed E-state index contributed by atoms with van der Waals surface area (Å²) >= 11 is 0. The average Bonchev–Trinajstić information content (AvgIpc) is 3.04. The third kappa shape index (κ3) is 3.30. The summed E-state index contributed by atoms with van der Waals surface area (Å²) in [6.07, 6.45) is 1.16. The van der Waals surface area contributed by atoms with E-state index in [1.54, 1.807) is 29.2 Å². The van der Waals surface area contributed by atoms with Gasteiger partial charge in [-0.3, -0.25) is 24.2 Å². The van der Waals surface area contributed by atoms with E-state index in [0.29, 0.717) is 29.4 Å². The molecule has 0 saturated carbocycles. The highest BCUT2D eigenvalue weighted by atomic mass is 16.2.